The SMILES string of the molecule is O=C(O)C=CC(=O)OC[C@@H]1CNC(=O)O1. The molecule has 0 spiro atoms. The highest BCUT2D eigenvalue weighted by molar-refractivity contribution is 5.90. The Morgan fingerprint density at radius 2 is 2.33 bits per heavy atom. The normalized spacial score (nSPS) is 19.7. The van der Waals surface area contributed by atoms with E-state index in [0.717, 1.165) is 6.08 Å². The van der Waals surface area contributed by atoms with Crippen molar-refractivity contribution in [2.75, 3.05) is 13.2 Å². The molecule has 0 radical (unpaired) electrons. The molecule has 1 saturated heterocycles. The lowest BCUT2D eigenvalue weighted by atomic mass is 10.4. The quantitative estimate of drug-likeness (QED) is 0.474. The zero-order valence-electron chi connectivity index (χ0n) is 7.63. The van der Waals surface area contributed by atoms with E-state index >= 15 is 0 Å². The number of cyclic esters (lactones) is 1. The fourth-order valence-electron chi connectivity index (χ4n) is 0.887. The summed E-state index contributed by atoms with van der Waals surface area (Å²) in [5, 5.41) is 10.6. The summed E-state index contributed by atoms with van der Waals surface area (Å²) >= 11 is 0. The van der Waals surface area contributed by atoms with E-state index in [4.69, 9.17) is 5.11 Å². The topological polar surface area (TPSA) is 102 Å². The number of rotatable bonds is 4. The number of amides is 1. The Balaban J connectivity index is 2.22. The Kier molecular flexibility index (Phi) is 3.67. The fourth-order valence-corrected chi connectivity index (χ4v) is 0.887. The molecule has 1 rings (SSSR count). The van der Waals surface area contributed by atoms with Crippen LogP contribution in [-0.4, -0.2) is 42.4 Å². The molecule has 0 aromatic heterocycles. The maximum absolute atomic E-state index is 10.9. The molecule has 0 aliphatic carbocycles. The largest absolute Gasteiger partial charge is 0.478 e. The summed E-state index contributed by atoms with van der Waals surface area (Å²) < 4.78 is 9.29. The molecule has 1 fully saturated rings. The third-order valence-corrected chi connectivity index (χ3v) is 1.52. The number of alkyl carbamates (subject to hydrolysis) is 1. The number of nitrogens with one attached hydrogen (secondary N) is 1. The minimum Gasteiger partial charge on any atom is -0.478 e. The van der Waals surface area contributed by atoms with E-state index in [1.807, 2.05) is 0 Å². The van der Waals surface area contributed by atoms with Crippen molar-refractivity contribution >= 4 is 18.0 Å². The molecular formula is C8H9NO6. The molecule has 1 atom stereocenters. The van der Waals surface area contributed by atoms with Gasteiger partial charge in [0.25, 0.3) is 0 Å². The first-order valence-corrected chi connectivity index (χ1v) is 4.10. The zero-order valence-corrected chi connectivity index (χ0v) is 7.63. The molecule has 82 valence electrons. The summed E-state index contributed by atoms with van der Waals surface area (Å²) in [5.41, 5.74) is 0. The molecular weight excluding hydrogens is 206 g/mol. The molecule has 1 heterocycles. The van der Waals surface area contributed by atoms with Crippen LogP contribution in [0, 0.1) is 0 Å². The van der Waals surface area contributed by atoms with Crippen molar-refractivity contribution < 1.29 is 29.0 Å². The number of aliphatic carboxylic acids is 1. The van der Waals surface area contributed by atoms with Gasteiger partial charge in [0.2, 0.25) is 0 Å². The molecule has 7 heteroatoms. The molecule has 1 aliphatic heterocycles. The van der Waals surface area contributed by atoms with Gasteiger partial charge in [-0.05, 0) is 0 Å². The van der Waals surface area contributed by atoms with Crippen LogP contribution >= 0.6 is 0 Å². The first kappa shape index (κ1) is 11.0. The van der Waals surface area contributed by atoms with Crippen molar-refractivity contribution in [2.45, 2.75) is 6.10 Å². The third-order valence-electron chi connectivity index (χ3n) is 1.52. The first-order chi connectivity index (χ1) is 7.08. The van der Waals surface area contributed by atoms with Crippen LogP contribution in [0.5, 0.6) is 0 Å². The van der Waals surface area contributed by atoms with Gasteiger partial charge < -0.3 is 19.9 Å². The fraction of sp³-hybridized carbons (Fsp3) is 0.375. The second-order valence-electron chi connectivity index (χ2n) is 2.71. The Hall–Kier alpha value is -2.05. The highest BCUT2D eigenvalue weighted by atomic mass is 16.6. The Labute approximate surface area is 84.7 Å². The molecule has 0 unspecified atom stereocenters. The predicted molar refractivity (Wildman–Crippen MR) is 46.0 cm³/mol. The number of esters is 1. The lowest BCUT2D eigenvalue weighted by Gasteiger charge is -2.06. The van der Waals surface area contributed by atoms with E-state index < -0.39 is 24.1 Å². The van der Waals surface area contributed by atoms with Crippen LogP contribution < -0.4 is 5.32 Å². The van der Waals surface area contributed by atoms with Gasteiger partial charge in [0, 0.05) is 12.2 Å². The minimum atomic E-state index is -1.24. The number of hydrogen-bond acceptors (Lipinski definition) is 5. The summed E-state index contributed by atoms with van der Waals surface area (Å²) in [6.45, 7) is 0.177. The summed E-state index contributed by atoms with van der Waals surface area (Å²) in [7, 11) is 0. The molecule has 7 nitrogen and oxygen atoms in total. The molecule has 1 aliphatic rings. The highest BCUT2D eigenvalue weighted by Crippen LogP contribution is 2.00. The van der Waals surface area contributed by atoms with Crippen molar-refractivity contribution in [1.29, 1.82) is 0 Å². The van der Waals surface area contributed by atoms with Gasteiger partial charge in [0.05, 0.1) is 6.54 Å². The second kappa shape index (κ2) is 4.99. The van der Waals surface area contributed by atoms with Crippen molar-refractivity contribution in [3.05, 3.63) is 12.2 Å². The highest BCUT2D eigenvalue weighted by Gasteiger charge is 2.23. The van der Waals surface area contributed by atoms with Crippen LogP contribution in [-0.2, 0) is 19.1 Å². The van der Waals surface area contributed by atoms with Gasteiger partial charge in [-0.1, -0.05) is 0 Å². The van der Waals surface area contributed by atoms with Crippen molar-refractivity contribution in [1.82, 2.24) is 5.32 Å². The number of carbonyl (C=O) groups excluding carboxylic acids is 2. The number of hydrogen-bond donors (Lipinski definition) is 2. The van der Waals surface area contributed by atoms with Gasteiger partial charge in [-0.3, -0.25) is 0 Å². The first-order valence-electron chi connectivity index (χ1n) is 4.10. The maximum atomic E-state index is 10.9. The predicted octanol–water partition coefficient (Wildman–Crippen LogP) is -0.721. The molecule has 1 amide bonds. The lowest BCUT2D eigenvalue weighted by Crippen LogP contribution is -2.21. The van der Waals surface area contributed by atoms with Crippen LogP contribution in [0.25, 0.3) is 0 Å². The summed E-state index contributed by atoms with van der Waals surface area (Å²) in [6, 6.07) is 0. The van der Waals surface area contributed by atoms with E-state index in [1.165, 1.54) is 0 Å². The molecule has 0 saturated carbocycles. The van der Waals surface area contributed by atoms with E-state index in [9.17, 15) is 14.4 Å². The van der Waals surface area contributed by atoms with Gasteiger partial charge in [0.1, 0.15) is 6.61 Å². The van der Waals surface area contributed by atoms with Gasteiger partial charge in [-0.2, -0.15) is 0 Å². The van der Waals surface area contributed by atoms with Crippen LogP contribution in [0.15, 0.2) is 12.2 Å². The average Bonchev–Trinajstić information content (AvgIpc) is 2.58. The summed E-state index contributed by atoms with van der Waals surface area (Å²) in [4.78, 5) is 31.4. The number of carbonyl (C=O) groups is 3. The van der Waals surface area contributed by atoms with Crippen LogP contribution in [0.3, 0.4) is 0 Å². The van der Waals surface area contributed by atoms with E-state index in [2.05, 4.69) is 14.8 Å². The summed E-state index contributed by atoms with van der Waals surface area (Å²) in [5.74, 6) is -2.03. The molecule has 2 N–H and O–H groups in total. The molecule has 15 heavy (non-hydrogen) atoms. The van der Waals surface area contributed by atoms with Gasteiger partial charge in [-0.25, -0.2) is 14.4 Å². The van der Waals surface area contributed by atoms with Crippen molar-refractivity contribution in [3.8, 4) is 0 Å². The minimum absolute atomic E-state index is 0.0957. The molecule has 0 bridgehead atoms. The maximum Gasteiger partial charge on any atom is 0.407 e. The van der Waals surface area contributed by atoms with Gasteiger partial charge in [-0.15, -0.1) is 0 Å². The van der Waals surface area contributed by atoms with Crippen LogP contribution in [0.1, 0.15) is 0 Å². The van der Waals surface area contributed by atoms with Crippen molar-refractivity contribution in [3.63, 3.8) is 0 Å². The average molecular weight is 215 g/mol. The number of carboxylic acid groups (broad SMARTS) is 1. The third kappa shape index (κ3) is 4.12. The zero-order chi connectivity index (χ0) is 11.3. The standard InChI is InChI=1S/C8H9NO6/c10-6(11)1-2-7(12)14-4-5-3-9-8(13)15-5/h1-2,5H,3-4H2,(H,9,13)(H,10,11)/t5-/m0/s1. The van der Waals surface area contributed by atoms with Crippen molar-refractivity contribution in [2.24, 2.45) is 0 Å². The van der Waals surface area contributed by atoms with E-state index in [1.54, 1.807) is 0 Å². The Morgan fingerprint density at radius 3 is 2.87 bits per heavy atom. The van der Waals surface area contributed by atoms with Gasteiger partial charge >= 0.3 is 18.0 Å². The molecule has 0 aromatic rings. The van der Waals surface area contributed by atoms with Gasteiger partial charge in [0.15, 0.2) is 6.10 Å². The Bertz CT molecular complexity index is 310. The Morgan fingerprint density at radius 1 is 1.60 bits per heavy atom. The van der Waals surface area contributed by atoms with E-state index in [-0.39, 0.29) is 13.2 Å². The van der Waals surface area contributed by atoms with E-state index in [0.29, 0.717) is 6.08 Å². The smallest absolute Gasteiger partial charge is 0.407 e. The monoisotopic (exact) mass is 215 g/mol. The van der Waals surface area contributed by atoms with Crippen LogP contribution in [0.2, 0.25) is 0 Å². The second-order valence-corrected chi connectivity index (χ2v) is 2.71. The number of carboxylic acids is 1. The lowest BCUT2D eigenvalue weighted by molar-refractivity contribution is -0.140. The summed E-state index contributed by atoms with van der Waals surface area (Å²) in [6.07, 6.45) is 0.380. The molecule has 0 aromatic carbocycles. The van der Waals surface area contributed by atoms with Crippen LogP contribution in [0.4, 0.5) is 4.79 Å². The number of ether oxygens (including phenoxy) is 2.